The summed E-state index contributed by atoms with van der Waals surface area (Å²) in [5, 5.41) is 99.6. The fourth-order valence-corrected chi connectivity index (χ4v) is 12.3. The van der Waals surface area contributed by atoms with E-state index in [2.05, 4.69) is 44.1 Å². The van der Waals surface area contributed by atoms with Crippen LogP contribution in [0.1, 0.15) is 134 Å². The number of unbranched alkanes of at least 4 members (excludes halogenated alkanes) is 7. The molecule has 7 aromatic carbocycles. The number of ether oxygens (including phenoxy) is 3. The standard InChI is InChI=1S/C68H66Cl2N8O17/c1-2-3-4-5-6-7-8-9-18-72-64(88)58-41-29-38(80)30-47(83)53(41)40-23-33(12-14-45(40)81)55-65(89)78-59(68(92)77-58)60(84)34-13-17-49(43(70)24-34)95-52-27-36-26-51(61(52)85)94-48-16-10-31(19-42(48)69)20-44-62(86)74-56(66(90)76-57(36)67(91)75-55)35-21-37(79)28-39(22-35)93-50-25-32(11-15-46(50)82)54(71)63(87)73-44/h10-17,19,21-30,44,54-60,79-85H,2-9,18,20,71H2,1H3,(H,72,88)(H,73,87)(H,74,86)(H,75,91)(H,76,90)(H,77,92)(H,78,89)/t44?,54?,55?,56?,57?,58-,59?,60?/m1/s1. The molecule has 7 aromatic rings. The van der Waals surface area contributed by atoms with Gasteiger partial charge in [0, 0.05) is 36.2 Å². The summed E-state index contributed by atoms with van der Waals surface area (Å²) in [6.07, 6.45) is 5.15. The molecule has 6 aliphatic heterocycles. The van der Waals surface area contributed by atoms with Gasteiger partial charge in [0.25, 0.3) is 0 Å². The zero-order valence-corrected chi connectivity index (χ0v) is 52.2. The molecule has 16 N–H and O–H groups in total. The molecule has 25 nitrogen and oxygen atoms in total. The van der Waals surface area contributed by atoms with Crippen molar-refractivity contribution in [1.29, 1.82) is 0 Å². The topological polar surface area (TPSA) is 399 Å². The largest absolute Gasteiger partial charge is 0.508 e. The lowest BCUT2D eigenvalue weighted by Gasteiger charge is -2.31. The molecule has 0 spiro atoms. The molecule has 0 radical (unpaired) electrons. The van der Waals surface area contributed by atoms with Gasteiger partial charge in [0.2, 0.25) is 47.1 Å². The van der Waals surface area contributed by atoms with Crippen molar-refractivity contribution >= 4 is 64.6 Å². The number of amides is 7. The summed E-state index contributed by atoms with van der Waals surface area (Å²) in [4.78, 5) is 106. The number of nitrogens with one attached hydrogen (secondary N) is 7. The van der Waals surface area contributed by atoms with Crippen molar-refractivity contribution in [2.24, 2.45) is 5.73 Å². The Bertz CT molecular complexity index is 4230. The molecule has 8 atom stereocenters. The SMILES string of the molecule is CCCCCCCCCCNC(=O)[C@@H]1NC(=O)C2NC(=O)C(NC(=O)C3NC(=O)C4NC(=O)C(Cc5ccc(c(Cl)c5)Oc5cc3cc(c5O)Oc3ccc(cc3Cl)C2O)NC(=O)C(N)c2ccc(O)c(c2)Oc2cc(O)cc4c2)c2ccc(O)c(c2)-c2c(O)cc(O)cc21. The van der Waals surface area contributed by atoms with Gasteiger partial charge in [-0.25, -0.2) is 0 Å². The lowest BCUT2D eigenvalue weighted by molar-refractivity contribution is -0.137. The van der Waals surface area contributed by atoms with Crippen LogP contribution < -0.4 is 57.2 Å². The molecule has 0 aromatic heterocycles. The zero-order chi connectivity index (χ0) is 67.5. The highest BCUT2D eigenvalue weighted by molar-refractivity contribution is 6.32. The maximum atomic E-state index is 15.9. The predicted molar refractivity (Wildman–Crippen MR) is 343 cm³/mol. The van der Waals surface area contributed by atoms with E-state index in [0.29, 0.717) is 12.0 Å². The average molecular weight is 1340 g/mol. The molecule has 0 aliphatic carbocycles. The fraction of sp³-hybridized carbons (Fsp3) is 0.279. The number of carbonyl (C=O) groups excluding carboxylic acids is 7. The van der Waals surface area contributed by atoms with E-state index in [4.69, 9.17) is 43.1 Å². The van der Waals surface area contributed by atoms with Crippen LogP contribution in [0.15, 0.2) is 115 Å². The monoisotopic (exact) mass is 1340 g/mol. The van der Waals surface area contributed by atoms with Crippen molar-refractivity contribution in [3.8, 4) is 80.1 Å². The van der Waals surface area contributed by atoms with Gasteiger partial charge >= 0.3 is 0 Å². The second kappa shape index (κ2) is 28.0. The Morgan fingerprint density at radius 1 is 0.516 bits per heavy atom. The number of rotatable bonds is 10. The number of aromatic hydroxyl groups is 6. The molecular formula is C68H66Cl2N8O17. The Kier molecular flexibility index (Phi) is 19.5. The first kappa shape index (κ1) is 66.0. The van der Waals surface area contributed by atoms with Crippen LogP contribution in [0.25, 0.3) is 11.1 Å². The van der Waals surface area contributed by atoms with E-state index in [1.807, 2.05) is 0 Å². The van der Waals surface area contributed by atoms with Crippen molar-refractivity contribution in [1.82, 2.24) is 37.2 Å². The van der Waals surface area contributed by atoms with Crippen LogP contribution in [0.4, 0.5) is 0 Å². The fourth-order valence-electron chi connectivity index (χ4n) is 11.8. The minimum absolute atomic E-state index is 0.114. The Morgan fingerprint density at radius 3 is 1.78 bits per heavy atom. The van der Waals surface area contributed by atoms with Gasteiger partial charge in [-0.3, -0.25) is 33.6 Å². The minimum Gasteiger partial charge on any atom is -0.508 e. The molecule has 7 amide bonds. The second-order valence-electron chi connectivity index (χ2n) is 23.5. The second-order valence-corrected chi connectivity index (χ2v) is 24.3. The van der Waals surface area contributed by atoms with Crippen LogP contribution in [-0.4, -0.2) is 95.7 Å². The molecule has 494 valence electrons. The molecule has 13 rings (SSSR count). The van der Waals surface area contributed by atoms with Crippen LogP contribution in [-0.2, 0) is 40.0 Å². The maximum absolute atomic E-state index is 15.9. The summed E-state index contributed by atoms with van der Waals surface area (Å²) < 4.78 is 18.6. The number of phenolic OH excluding ortho intramolecular Hbond substituents is 6. The third kappa shape index (κ3) is 14.4. The van der Waals surface area contributed by atoms with Crippen LogP contribution in [0.3, 0.4) is 0 Å². The number of aliphatic hydroxyl groups excluding tert-OH is 1. The highest BCUT2D eigenvalue weighted by atomic mass is 35.5. The molecule has 27 heteroatoms. The van der Waals surface area contributed by atoms with Gasteiger partial charge < -0.3 is 92.9 Å². The number of phenols is 6. The van der Waals surface area contributed by atoms with Crippen LogP contribution in [0, 0.1) is 0 Å². The predicted octanol–water partition coefficient (Wildman–Crippen LogP) is 8.16. The van der Waals surface area contributed by atoms with Gasteiger partial charge in [-0.2, -0.15) is 0 Å². The summed E-state index contributed by atoms with van der Waals surface area (Å²) in [5.74, 6) is -13.2. The lowest BCUT2D eigenvalue weighted by Crippen LogP contribution is -2.56. The Labute approximate surface area is 552 Å². The summed E-state index contributed by atoms with van der Waals surface area (Å²) in [6.45, 7) is 2.25. The highest BCUT2D eigenvalue weighted by Crippen LogP contribution is 2.48. The van der Waals surface area contributed by atoms with Crippen molar-refractivity contribution in [3.63, 3.8) is 0 Å². The third-order valence-corrected chi connectivity index (χ3v) is 17.4. The zero-order valence-electron chi connectivity index (χ0n) is 50.7. The molecule has 6 heterocycles. The highest BCUT2D eigenvalue weighted by Gasteiger charge is 2.41. The smallest absolute Gasteiger partial charge is 0.248 e. The van der Waals surface area contributed by atoms with E-state index >= 15 is 19.2 Å². The minimum atomic E-state index is -2.15. The van der Waals surface area contributed by atoms with E-state index in [1.165, 1.54) is 72.8 Å². The molecule has 0 saturated heterocycles. The third-order valence-electron chi connectivity index (χ3n) is 16.8. The maximum Gasteiger partial charge on any atom is 0.248 e. The van der Waals surface area contributed by atoms with Gasteiger partial charge in [0.1, 0.15) is 88.6 Å². The van der Waals surface area contributed by atoms with Crippen molar-refractivity contribution in [2.75, 3.05) is 6.54 Å². The van der Waals surface area contributed by atoms with E-state index in [0.717, 1.165) is 87.4 Å². The van der Waals surface area contributed by atoms with Gasteiger partial charge in [-0.15, -0.1) is 0 Å². The quantitative estimate of drug-likeness (QED) is 0.0574. The van der Waals surface area contributed by atoms with Crippen LogP contribution in [0.2, 0.25) is 10.0 Å². The van der Waals surface area contributed by atoms with E-state index in [1.54, 1.807) is 0 Å². The van der Waals surface area contributed by atoms with Crippen molar-refractivity contribution in [2.45, 2.75) is 113 Å². The molecule has 17 bridgehead atoms. The Morgan fingerprint density at radius 2 is 1.09 bits per heavy atom. The van der Waals surface area contributed by atoms with Gasteiger partial charge in [0.05, 0.1) is 10.0 Å². The summed E-state index contributed by atoms with van der Waals surface area (Å²) >= 11 is 13.8. The summed E-state index contributed by atoms with van der Waals surface area (Å²) in [7, 11) is 0. The van der Waals surface area contributed by atoms with Gasteiger partial charge in [-0.05, 0) is 124 Å². The number of hydrogen-bond acceptors (Lipinski definition) is 18. The molecule has 0 saturated carbocycles. The van der Waals surface area contributed by atoms with Crippen molar-refractivity contribution in [3.05, 3.63) is 164 Å². The number of carbonyl (C=O) groups is 7. The summed E-state index contributed by atoms with van der Waals surface area (Å²) in [6, 6.07) is 9.63. The molecule has 0 fully saturated rings. The molecular weight excluding hydrogens is 1270 g/mol. The number of halogens is 2. The van der Waals surface area contributed by atoms with E-state index in [-0.39, 0.29) is 90.5 Å². The molecule has 95 heavy (non-hydrogen) atoms. The first-order valence-electron chi connectivity index (χ1n) is 30.6. The molecule has 6 aliphatic rings. The Balaban J connectivity index is 1.08. The Hall–Kier alpha value is -10.5. The lowest BCUT2D eigenvalue weighted by atomic mass is 9.89. The number of hydrogen-bond donors (Lipinski definition) is 15. The summed E-state index contributed by atoms with van der Waals surface area (Å²) in [5.41, 5.74) is 5.15. The first-order chi connectivity index (χ1) is 45.5. The molecule has 7 unspecified atom stereocenters. The van der Waals surface area contributed by atoms with Crippen molar-refractivity contribution < 1.29 is 83.5 Å². The average Bonchev–Trinajstić information content (AvgIpc) is 0.772. The number of fused-ring (bicyclic) bond motifs is 14. The normalized spacial score (nSPS) is 20.9. The number of aliphatic hydroxyl groups is 1. The number of benzene rings is 7. The van der Waals surface area contributed by atoms with E-state index < -0.39 is 136 Å². The number of nitrogens with two attached hydrogens (primary N) is 1. The van der Waals surface area contributed by atoms with Gasteiger partial charge in [0.15, 0.2) is 23.0 Å². The van der Waals surface area contributed by atoms with Crippen LogP contribution >= 0.6 is 23.2 Å². The van der Waals surface area contributed by atoms with E-state index in [9.17, 15) is 50.1 Å². The van der Waals surface area contributed by atoms with Gasteiger partial charge in [-0.1, -0.05) is 99.3 Å². The first-order valence-corrected chi connectivity index (χ1v) is 31.4. The van der Waals surface area contributed by atoms with Crippen LogP contribution in [0.5, 0.6) is 69.0 Å².